The van der Waals surface area contributed by atoms with Gasteiger partial charge in [0.1, 0.15) is 5.75 Å². The van der Waals surface area contributed by atoms with Crippen LogP contribution >= 0.6 is 22.6 Å². The van der Waals surface area contributed by atoms with E-state index in [1.165, 1.54) is 5.57 Å². The quantitative estimate of drug-likeness (QED) is 0.485. The Balaban J connectivity index is 2.47. The maximum atomic E-state index is 10.6. The van der Waals surface area contributed by atoms with Crippen molar-refractivity contribution in [2.45, 2.75) is 39.9 Å². The van der Waals surface area contributed by atoms with Crippen molar-refractivity contribution in [3.8, 4) is 5.75 Å². The van der Waals surface area contributed by atoms with Crippen molar-refractivity contribution >= 4 is 22.6 Å². The topological polar surface area (TPSA) is 58.9 Å². The number of hydrogen-bond acceptors (Lipinski definition) is 4. The van der Waals surface area contributed by atoms with Crippen LogP contribution in [-0.4, -0.2) is 36.6 Å². The molecule has 142 valence electrons. The molecule has 0 aliphatic heterocycles. The molecule has 25 heavy (non-hydrogen) atoms. The first kappa shape index (κ1) is 22.4. The number of benzene rings is 1. The predicted octanol–water partition coefficient (Wildman–Crippen LogP) is 4.18. The number of methoxy groups -OCH3 is 1. The maximum Gasteiger partial charge on any atom is 0.118 e. The van der Waals surface area contributed by atoms with Gasteiger partial charge in [-0.2, -0.15) is 0 Å². The largest absolute Gasteiger partial charge is 0.497 e. The zero-order valence-corrected chi connectivity index (χ0v) is 17.8. The molecular formula is C20H31IO4. The van der Waals surface area contributed by atoms with Crippen LogP contribution in [0.2, 0.25) is 0 Å². The lowest BCUT2D eigenvalue weighted by atomic mass is 9.81. The molecule has 0 bridgehead atoms. The second kappa shape index (κ2) is 11.9. The lowest BCUT2D eigenvalue weighted by molar-refractivity contribution is -0.0180. The van der Waals surface area contributed by atoms with Gasteiger partial charge in [-0.3, -0.25) is 0 Å². The molecule has 0 fully saturated rings. The number of aliphatic hydroxyl groups excluding tert-OH is 2. The van der Waals surface area contributed by atoms with Gasteiger partial charge < -0.3 is 19.7 Å². The standard InChI is InChI=1S/C20H31IO4/c1-14(10-21)9-18(11-22)16(3)20(23)15(2)12-25-13-17-5-7-19(24-4)8-6-17/h5-8,10,15-16,18,20,22-23H,9,11-13H2,1-4H3/b14-10+/t15-,16+,18-,20-/m1/s1. The van der Waals surface area contributed by atoms with Crippen LogP contribution in [0.3, 0.4) is 0 Å². The third-order valence-corrected chi connectivity index (χ3v) is 5.74. The van der Waals surface area contributed by atoms with Crippen LogP contribution in [0.25, 0.3) is 0 Å². The summed E-state index contributed by atoms with van der Waals surface area (Å²) in [6, 6.07) is 7.77. The van der Waals surface area contributed by atoms with Gasteiger partial charge in [0.25, 0.3) is 0 Å². The van der Waals surface area contributed by atoms with Crippen LogP contribution in [0.4, 0.5) is 0 Å². The molecule has 0 aliphatic rings. The maximum absolute atomic E-state index is 10.6. The van der Waals surface area contributed by atoms with Crippen LogP contribution in [0.15, 0.2) is 33.9 Å². The summed E-state index contributed by atoms with van der Waals surface area (Å²) in [4.78, 5) is 0. The Bertz CT molecular complexity index is 515. The van der Waals surface area contributed by atoms with E-state index >= 15 is 0 Å². The smallest absolute Gasteiger partial charge is 0.118 e. The van der Waals surface area contributed by atoms with Gasteiger partial charge in [-0.1, -0.05) is 54.1 Å². The fourth-order valence-corrected chi connectivity index (χ4v) is 3.11. The third kappa shape index (κ3) is 7.64. The average Bonchev–Trinajstić information content (AvgIpc) is 2.65. The predicted molar refractivity (Wildman–Crippen MR) is 110 cm³/mol. The number of ether oxygens (including phenoxy) is 2. The van der Waals surface area contributed by atoms with Gasteiger partial charge in [-0.05, 0) is 47.0 Å². The molecule has 0 saturated heterocycles. The summed E-state index contributed by atoms with van der Waals surface area (Å²) in [5.41, 5.74) is 2.30. The summed E-state index contributed by atoms with van der Waals surface area (Å²) >= 11 is 2.21. The Kier molecular flexibility index (Phi) is 10.7. The summed E-state index contributed by atoms with van der Waals surface area (Å²) in [5, 5.41) is 20.3. The minimum absolute atomic E-state index is 0.00573. The highest BCUT2D eigenvalue weighted by atomic mass is 127. The van der Waals surface area contributed by atoms with E-state index < -0.39 is 6.10 Å². The van der Waals surface area contributed by atoms with E-state index in [1.54, 1.807) is 7.11 Å². The second-order valence-electron chi connectivity index (χ2n) is 6.79. The van der Waals surface area contributed by atoms with Crippen molar-refractivity contribution < 1.29 is 19.7 Å². The van der Waals surface area contributed by atoms with Gasteiger partial charge in [0.15, 0.2) is 0 Å². The molecule has 0 amide bonds. The van der Waals surface area contributed by atoms with Crippen molar-refractivity contribution in [2.24, 2.45) is 17.8 Å². The SMILES string of the molecule is COc1ccc(COC[C@@H](C)[C@@H](O)[C@@H](C)[C@@H](CO)C/C(C)=C/I)cc1. The molecule has 0 radical (unpaired) electrons. The van der Waals surface area contributed by atoms with Crippen molar-refractivity contribution in [1.29, 1.82) is 0 Å². The monoisotopic (exact) mass is 462 g/mol. The molecule has 0 heterocycles. The highest BCUT2D eigenvalue weighted by Crippen LogP contribution is 2.27. The molecular weight excluding hydrogens is 431 g/mol. The van der Waals surface area contributed by atoms with Gasteiger partial charge in [0.05, 0.1) is 26.4 Å². The lowest BCUT2D eigenvalue weighted by Crippen LogP contribution is -2.34. The van der Waals surface area contributed by atoms with E-state index in [2.05, 4.69) is 29.5 Å². The Labute approximate surface area is 165 Å². The molecule has 5 heteroatoms. The molecule has 0 aliphatic carbocycles. The van der Waals surface area contributed by atoms with Gasteiger partial charge in [-0.25, -0.2) is 0 Å². The summed E-state index contributed by atoms with van der Waals surface area (Å²) < 4.78 is 12.9. The van der Waals surface area contributed by atoms with Crippen LogP contribution in [0.1, 0.15) is 32.8 Å². The van der Waals surface area contributed by atoms with E-state index in [4.69, 9.17) is 9.47 Å². The van der Waals surface area contributed by atoms with Crippen LogP contribution in [0.5, 0.6) is 5.75 Å². The summed E-state index contributed by atoms with van der Waals surface area (Å²) in [6.45, 7) is 7.12. The molecule has 2 N–H and O–H groups in total. The van der Waals surface area contributed by atoms with Crippen molar-refractivity contribution in [2.75, 3.05) is 20.3 Å². The zero-order valence-electron chi connectivity index (χ0n) is 15.6. The Morgan fingerprint density at radius 2 is 1.88 bits per heavy atom. The lowest BCUT2D eigenvalue weighted by Gasteiger charge is -2.30. The number of allylic oxidation sites excluding steroid dienone is 1. The highest BCUT2D eigenvalue weighted by Gasteiger charge is 2.28. The summed E-state index contributed by atoms with van der Waals surface area (Å²) in [6.07, 6.45) is 0.298. The van der Waals surface area contributed by atoms with Crippen LogP contribution in [0, 0.1) is 17.8 Å². The van der Waals surface area contributed by atoms with Gasteiger partial charge in [0.2, 0.25) is 0 Å². The Hall–Kier alpha value is -0.630. The number of hydrogen-bond donors (Lipinski definition) is 2. The van der Waals surface area contributed by atoms with Crippen LogP contribution in [-0.2, 0) is 11.3 Å². The second-order valence-corrected chi connectivity index (χ2v) is 7.42. The normalized spacial score (nSPS) is 17.0. The number of aliphatic hydroxyl groups is 2. The fourth-order valence-electron chi connectivity index (χ4n) is 2.85. The zero-order chi connectivity index (χ0) is 18.8. The molecule has 4 atom stereocenters. The molecule has 0 spiro atoms. The molecule has 4 nitrogen and oxygen atoms in total. The Morgan fingerprint density at radius 3 is 2.40 bits per heavy atom. The average molecular weight is 462 g/mol. The first-order valence-electron chi connectivity index (χ1n) is 8.68. The number of rotatable bonds is 11. The fraction of sp³-hybridized carbons (Fsp3) is 0.600. The minimum Gasteiger partial charge on any atom is -0.497 e. The molecule has 0 aromatic heterocycles. The van der Waals surface area contributed by atoms with Crippen molar-refractivity contribution in [3.63, 3.8) is 0 Å². The molecule has 0 saturated carbocycles. The third-order valence-electron chi connectivity index (χ3n) is 4.68. The highest BCUT2D eigenvalue weighted by molar-refractivity contribution is 14.1. The van der Waals surface area contributed by atoms with Crippen molar-refractivity contribution in [1.82, 2.24) is 0 Å². The van der Waals surface area contributed by atoms with E-state index in [9.17, 15) is 10.2 Å². The van der Waals surface area contributed by atoms with E-state index in [0.29, 0.717) is 13.2 Å². The molecule has 1 rings (SSSR count). The van der Waals surface area contributed by atoms with Crippen molar-refractivity contribution in [3.05, 3.63) is 39.5 Å². The van der Waals surface area contributed by atoms with Gasteiger partial charge in [-0.15, -0.1) is 0 Å². The van der Waals surface area contributed by atoms with Gasteiger partial charge in [0, 0.05) is 12.5 Å². The van der Waals surface area contributed by atoms with Crippen LogP contribution < -0.4 is 4.74 Å². The minimum atomic E-state index is -0.505. The summed E-state index contributed by atoms with van der Waals surface area (Å²) in [7, 11) is 1.65. The number of halogens is 1. The molecule has 1 aromatic rings. The van der Waals surface area contributed by atoms with Gasteiger partial charge >= 0.3 is 0 Å². The van der Waals surface area contributed by atoms with E-state index in [1.807, 2.05) is 42.2 Å². The molecule has 0 unspecified atom stereocenters. The van der Waals surface area contributed by atoms with E-state index in [0.717, 1.165) is 17.7 Å². The Morgan fingerprint density at radius 1 is 1.24 bits per heavy atom. The first-order chi connectivity index (χ1) is 11.9. The van der Waals surface area contributed by atoms with E-state index in [-0.39, 0.29) is 24.4 Å². The first-order valence-corrected chi connectivity index (χ1v) is 9.92. The molecule has 1 aromatic carbocycles. The summed E-state index contributed by atoms with van der Waals surface area (Å²) in [5.74, 6) is 0.902.